The molecule has 25 heavy (non-hydrogen) atoms. The number of hydrogen-bond acceptors (Lipinski definition) is 4. The van der Waals surface area contributed by atoms with Gasteiger partial charge >= 0.3 is 13.1 Å². The Hall–Kier alpha value is -1.33. The van der Waals surface area contributed by atoms with Gasteiger partial charge in [-0.05, 0) is 58.6 Å². The first kappa shape index (κ1) is 20.0. The number of carbonyl (C=O) groups is 1. The lowest BCUT2D eigenvalue weighted by atomic mass is 9.76. The summed E-state index contributed by atoms with van der Waals surface area (Å²) >= 11 is 0. The molecule has 0 aliphatic carbocycles. The monoisotopic (exact) mass is 346 g/mol. The number of rotatable bonds is 7. The Kier molecular flexibility index (Phi) is 6.33. The number of carbonyl (C=O) groups excluding carboxylic acids is 1. The van der Waals surface area contributed by atoms with Crippen LogP contribution in [0.5, 0.6) is 0 Å². The molecule has 1 aliphatic heterocycles. The van der Waals surface area contributed by atoms with Crippen molar-refractivity contribution in [3.63, 3.8) is 0 Å². The van der Waals surface area contributed by atoms with Crippen molar-refractivity contribution in [2.45, 2.75) is 78.4 Å². The number of aryl methyl sites for hydroxylation is 1. The van der Waals surface area contributed by atoms with Crippen LogP contribution in [0.3, 0.4) is 0 Å². The van der Waals surface area contributed by atoms with Crippen molar-refractivity contribution in [1.82, 2.24) is 0 Å². The van der Waals surface area contributed by atoms with E-state index in [1.807, 2.05) is 46.8 Å². The van der Waals surface area contributed by atoms with E-state index >= 15 is 0 Å². The van der Waals surface area contributed by atoms with E-state index in [1.165, 1.54) is 12.8 Å². The average molecular weight is 346 g/mol. The highest BCUT2D eigenvalue weighted by atomic mass is 16.7. The van der Waals surface area contributed by atoms with Crippen molar-refractivity contribution in [1.29, 1.82) is 0 Å². The first-order valence-corrected chi connectivity index (χ1v) is 9.31. The number of unbranched alkanes of at least 4 members (excludes halogenated alkanes) is 3. The van der Waals surface area contributed by atoms with Crippen LogP contribution in [0.4, 0.5) is 0 Å². The minimum Gasteiger partial charge on any atom is -0.462 e. The van der Waals surface area contributed by atoms with Gasteiger partial charge in [0.1, 0.15) is 0 Å². The van der Waals surface area contributed by atoms with Gasteiger partial charge < -0.3 is 14.0 Å². The van der Waals surface area contributed by atoms with Crippen LogP contribution in [-0.4, -0.2) is 30.9 Å². The molecule has 138 valence electrons. The van der Waals surface area contributed by atoms with Gasteiger partial charge in [-0.2, -0.15) is 0 Å². The van der Waals surface area contributed by atoms with Crippen LogP contribution in [0, 0.1) is 6.92 Å². The highest BCUT2D eigenvalue weighted by Crippen LogP contribution is 2.36. The fourth-order valence-corrected chi connectivity index (χ4v) is 2.81. The number of esters is 1. The minimum absolute atomic E-state index is 0.264. The molecule has 4 nitrogen and oxygen atoms in total. The molecule has 1 aliphatic rings. The van der Waals surface area contributed by atoms with E-state index in [2.05, 4.69) is 6.92 Å². The zero-order chi connectivity index (χ0) is 18.7. The molecule has 0 aromatic heterocycles. The fraction of sp³-hybridized carbons (Fsp3) is 0.650. The second-order valence-electron chi connectivity index (χ2n) is 7.86. The van der Waals surface area contributed by atoms with E-state index < -0.39 is 7.12 Å². The van der Waals surface area contributed by atoms with E-state index in [0.717, 1.165) is 23.9 Å². The summed E-state index contributed by atoms with van der Waals surface area (Å²) in [6.07, 6.45) is 4.38. The molecule has 0 spiro atoms. The van der Waals surface area contributed by atoms with Gasteiger partial charge in [-0.15, -0.1) is 0 Å². The van der Waals surface area contributed by atoms with E-state index in [1.54, 1.807) is 6.07 Å². The van der Waals surface area contributed by atoms with Crippen molar-refractivity contribution in [3.8, 4) is 0 Å². The molecule has 5 heteroatoms. The van der Waals surface area contributed by atoms with Crippen LogP contribution in [0.2, 0.25) is 0 Å². The van der Waals surface area contributed by atoms with Gasteiger partial charge in [-0.25, -0.2) is 4.79 Å². The van der Waals surface area contributed by atoms with Gasteiger partial charge in [0.2, 0.25) is 0 Å². The standard InChI is InChI=1S/C20H31BO4/c1-7-8-9-10-13-23-18(22)16-11-12-17(15(2)14-16)21-24-19(3,4)20(5,6)25-21/h11-12,14H,7-10,13H2,1-6H3. The molecule has 2 rings (SSSR count). The second-order valence-corrected chi connectivity index (χ2v) is 7.86. The lowest BCUT2D eigenvalue weighted by Gasteiger charge is -2.32. The maximum atomic E-state index is 12.2. The summed E-state index contributed by atoms with van der Waals surface area (Å²) in [7, 11) is -0.413. The van der Waals surface area contributed by atoms with Crippen LogP contribution in [0.1, 0.15) is 76.2 Å². The lowest BCUT2D eigenvalue weighted by molar-refractivity contribution is 0.00578. The van der Waals surface area contributed by atoms with E-state index in [9.17, 15) is 4.79 Å². The number of benzene rings is 1. The molecular weight excluding hydrogens is 315 g/mol. The average Bonchev–Trinajstić information content (AvgIpc) is 2.74. The zero-order valence-corrected chi connectivity index (χ0v) is 16.5. The molecular formula is C20H31BO4. The Morgan fingerprint density at radius 3 is 2.28 bits per heavy atom. The van der Waals surface area contributed by atoms with Gasteiger partial charge in [-0.3, -0.25) is 0 Å². The van der Waals surface area contributed by atoms with E-state index in [0.29, 0.717) is 12.2 Å². The first-order chi connectivity index (χ1) is 11.7. The quantitative estimate of drug-likeness (QED) is 0.425. The molecule has 0 amide bonds. The molecule has 1 aromatic carbocycles. The third-order valence-electron chi connectivity index (χ3n) is 5.24. The van der Waals surface area contributed by atoms with Crippen LogP contribution in [0.25, 0.3) is 0 Å². The van der Waals surface area contributed by atoms with Gasteiger partial charge in [-0.1, -0.05) is 37.8 Å². The lowest BCUT2D eigenvalue weighted by Crippen LogP contribution is -2.41. The predicted molar refractivity (Wildman–Crippen MR) is 101 cm³/mol. The Labute approximate surface area is 152 Å². The first-order valence-electron chi connectivity index (χ1n) is 9.31. The Morgan fingerprint density at radius 1 is 1.08 bits per heavy atom. The number of ether oxygens (including phenoxy) is 1. The van der Waals surface area contributed by atoms with E-state index in [4.69, 9.17) is 14.0 Å². The summed E-state index contributed by atoms with van der Waals surface area (Å²) in [5.74, 6) is -0.264. The molecule has 1 heterocycles. The second kappa shape index (κ2) is 7.92. The van der Waals surface area contributed by atoms with Crippen molar-refractivity contribution >= 4 is 18.6 Å². The topological polar surface area (TPSA) is 44.8 Å². The maximum Gasteiger partial charge on any atom is 0.495 e. The smallest absolute Gasteiger partial charge is 0.462 e. The predicted octanol–water partition coefficient (Wildman–Crippen LogP) is 4.03. The van der Waals surface area contributed by atoms with Crippen LogP contribution >= 0.6 is 0 Å². The molecule has 0 unspecified atom stereocenters. The maximum absolute atomic E-state index is 12.2. The van der Waals surface area contributed by atoms with Gasteiger partial charge in [0.25, 0.3) is 0 Å². The van der Waals surface area contributed by atoms with Crippen LogP contribution in [0.15, 0.2) is 18.2 Å². The largest absolute Gasteiger partial charge is 0.495 e. The highest BCUT2D eigenvalue weighted by molar-refractivity contribution is 6.62. The Balaban J connectivity index is 2.00. The van der Waals surface area contributed by atoms with Crippen molar-refractivity contribution in [2.24, 2.45) is 0 Å². The summed E-state index contributed by atoms with van der Waals surface area (Å²) in [6, 6.07) is 5.56. The summed E-state index contributed by atoms with van der Waals surface area (Å²) in [5, 5.41) is 0. The summed E-state index contributed by atoms with van der Waals surface area (Å²) in [5.41, 5.74) is 1.76. The molecule has 0 N–H and O–H groups in total. The highest BCUT2D eigenvalue weighted by Gasteiger charge is 2.52. The Morgan fingerprint density at radius 2 is 1.72 bits per heavy atom. The molecule has 1 aromatic rings. The molecule has 0 saturated carbocycles. The van der Waals surface area contributed by atoms with Crippen molar-refractivity contribution in [2.75, 3.05) is 6.61 Å². The van der Waals surface area contributed by atoms with Crippen molar-refractivity contribution < 1.29 is 18.8 Å². The fourth-order valence-electron chi connectivity index (χ4n) is 2.81. The van der Waals surface area contributed by atoms with Crippen molar-refractivity contribution in [3.05, 3.63) is 29.3 Å². The van der Waals surface area contributed by atoms with Gasteiger partial charge in [0, 0.05) is 0 Å². The summed E-state index contributed by atoms with van der Waals surface area (Å²) < 4.78 is 17.6. The summed E-state index contributed by atoms with van der Waals surface area (Å²) in [6.45, 7) is 12.8. The van der Waals surface area contributed by atoms with E-state index in [-0.39, 0.29) is 17.2 Å². The molecule has 0 atom stereocenters. The summed E-state index contributed by atoms with van der Waals surface area (Å²) in [4.78, 5) is 12.2. The molecule has 1 fully saturated rings. The van der Waals surface area contributed by atoms with Crippen LogP contribution < -0.4 is 5.46 Å². The minimum atomic E-state index is -0.413. The van der Waals surface area contributed by atoms with Gasteiger partial charge in [0.05, 0.1) is 23.4 Å². The molecule has 1 saturated heterocycles. The zero-order valence-electron chi connectivity index (χ0n) is 16.5. The van der Waals surface area contributed by atoms with Crippen LogP contribution in [-0.2, 0) is 14.0 Å². The molecule has 0 bridgehead atoms. The number of hydrogen-bond donors (Lipinski definition) is 0. The normalized spacial score (nSPS) is 18.4. The molecule has 0 radical (unpaired) electrons. The SMILES string of the molecule is CCCCCCOC(=O)c1ccc(B2OC(C)(C)C(C)(C)O2)c(C)c1. The third kappa shape index (κ3) is 4.65. The van der Waals surface area contributed by atoms with Gasteiger partial charge in [0.15, 0.2) is 0 Å². The Bertz CT molecular complexity index is 594. The third-order valence-corrected chi connectivity index (χ3v) is 5.24.